The van der Waals surface area contributed by atoms with E-state index in [9.17, 15) is 0 Å². The first-order chi connectivity index (χ1) is 26.3. The lowest BCUT2D eigenvalue weighted by Gasteiger charge is -2.17. The molecule has 10 aromatic rings. The zero-order valence-electron chi connectivity index (χ0n) is 28.3. The molecule has 0 bridgehead atoms. The summed E-state index contributed by atoms with van der Waals surface area (Å²) in [5.41, 5.74) is 11.9. The van der Waals surface area contributed by atoms with E-state index in [1.54, 1.807) is 12.4 Å². The lowest BCUT2D eigenvalue weighted by Crippen LogP contribution is -2.00. The Kier molecular flexibility index (Phi) is 6.45. The van der Waals surface area contributed by atoms with Crippen LogP contribution < -0.4 is 4.74 Å². The maximum Gasteiger partial charge on any atom is 0.235 e. The van der Waals surface area contributed by atoms with Gasteiger partial charge in [-0.15, -0.1) is 0 Å². The van der Waals surface area contributed by atoms with Crippen molar-refractivity contribution in [3.05, 3.63) is 169 Å². The van der Waals surface area contributed by atoms with Crippen LogP contribution in [0.15, 0.2) is 163 Å². The molecule has 6 nitrogen and oxygen atoms in total. The number of fused-ring (bicyclic) bond motifs is 12. The van der Waals surface area contributed by atoms with Crippen LogP contribution >= 0.6 is 0 Å². The fraction of sp³-hybridized carbons (Fsp3) is 0. The fourth-order valence-corrected chi connectivity index (χ4v) is 7.76. The minimum absolute atomic E-state index is 0.589. The van der Waals surface area contributed by atoms with Crippen LogP contribution in [0.5, 0.6) is 11.5 Å². The molecule has 0 amide bonds. The molecule has 5 heterocycles. The number of aromatic nitrogens is 4. The fourth-order valence-electron chi connectivity index (χ4n) is 7.76. The van der Waals surface area contributed by atoms with Crippen LogP contribution in [0.4, 0.5) is 0 Å². The van der Waals surface area contributed by atoms with Gasteiger partial charge in [-0.25, -0.2) is 15.0 Å². The number of furan rings is 1. The average molecular weight is 681 g/mol. The number of hydrogen-bond acceptors (Lipinski definition) is 5. The molecule has 11 rings (SSSR count). The summed E-state index contributed by atoms with van der Waals surface area (Å²) >= 11 is 0. The Morgan fingerprint density at radius 3 is 2.09 bits per heavy atom. The predicted molar refractivity (Wildman–Crippen MR) is 213 cm³/mol. The van der Waals surface area contributed by atoms with Gasteiger partial charge < -0.3 is 9.15 Å². The summed E-state index contributed by atoms with van der Waals surface area (Å²) in [5.74, 6) is 2.14. The van der Waals surface area contributed by atoms with Crippen LogP contribution in [-0.2, 0) is 0 Å². The third-order valence-corrected chi connectivity index (χ3v) is 10.2. The Bertz CT molecular complexity index is 3100. The second-order valence-electron chi connectivity index (χ2n) is 13.3. The van der Waals surface area contributed by atoms with Crippen LogP contribution in [0.3, 0.4) is 0 Å². The number of para-hydroxylation sites is 2. The lowest BCUT2D eigenvalue weighted by molar-refractivity contribution is 0.487. The predicted octanol–water partition coefficient (Wildman–Crippen LogP) is 12.1. The summed E-state index contributed by atoms with van der Waals surface area (Å²) in [6.45, 7) is 0. The van der Waals surface area contributed by atoms with Crippen molar-refractivity contribution in [1.82, 2.24) is 19.5 Å². The molecule has 0 unspecified atom stereocenters. The number of ether oxygens (including phenoxy) is 1. The summed E-state index contributed by atoms with van der Waals surface area (Å²) in [4.78, 5) is 13.9. The first kappa shape index (κ1) is 29.4. The Balaban J connectivity index is 1.16. The van der Waals surface area contributed by atoms with Crippen molar-refractivity contribution < 1.29 is 9.15 Å². The van der Waals surface area contributed by atoms with E-state index < -0.39 is 0 Å². The molecule has 1 aliphatic heterocycles. The SMILES string of the molecule is C1=C\c2ccc(-c3ccc4c(c3)c3cccnc3n4-c3ncccn3)cc2-c2cc3oc4ccccc4c3cc2Oc2ccccc2-c2ccccc2/1. The monoisotopic (exact) mass is 680 g/mol. The topological polar surface area (TPSA) is 66.0 Å². The van der Waals surface area contributed by atoms with Crippen molar-refractivity contribution in [2.75, 3.05) is 0 Å². The van der Waals surface area contributed by atoms with Gasteiger partial charge in [0, 0.05) is 51.3 Å². The quantitative estimate of drug-likeness (QED) is 0.182. The molecule has 248 valence electrons. The molecule has 0 spiro atoms. The molecule has 0 fully saturated rings. The average Bonchev–Trinajstić information content (AvgIpc) is 3.74. The molecule has 0 saturated carbocycles. The number of hydrogen-bond donors (Lipinski definition) is 0. The van der Waals surface area contributed by atoms with Gasteiger partial charge in [-0.2, -0.15) is 0 Å². The van der Waals surface area contributed by atoms with Crippen LogP contribution in [0.1, 0.15) is 11.1 Å². The van der Waals surface area contributed by atoms with Gasteiger partial charge in [0.25, 0.3) is 0 Å². The first-order valence-corrected chi connectivity index (χ1v) is 17.6. The van der Waals surface area contributed by atoms with E-state index in [-0.39, 0.29) is 0 Å². The van der Waals surface area contributed by atoms with E-state index in [0.29, 0.717) is 5.95 Å². The number of nitrogens with zero attached hydrogens (tertiary/aromatic N) is 4. The van der Waals surface area contributed by atoms with Gasteiger partial charge in [-0.3, -0.25) is 4.57 Å². The molecule has 6 heteroatoms. The van der Waals surface area contributed by atoms with Crippen molar-refractivity contribution >= 4 is 56.0 Å². The molecular formula is C47H28N4O2. The molecular weight excluding hydrogens is 653 g/mol. The molecule has 0 atom stereocenters. The molecule has 53 heavy (non-hydrogen) atoms. The summed E-state index contributed by atoms with van der Waals surface area (Å²) in [6.07, 6.45) is 9.74. The summed E-state index contributed by atoms with van der Waals surface area (Å²) in [7, 11) is 0. The van der Waals surface area contributed by atoms with E-state index >= 15 is 0 Å². The van der Waals surface area contributed by atoms with E-state index in [1.807, 2.05) is 53.2 Å². The van der Waals surface area contributed by atoms with Crippen molar-refractivity contribution in [1.29, 1.82) is 0 Å². The zero-order chi connectivity index (χ0) is 34.9. The summed E-state index contributed by atoms with van der Waals surface area (Å²) in [5, 5.41) is 4.19. The maximum atomic E-state index is 7.02. The standard InChI is InChI=1S/C47H28N4O2/c1-2-10-33-29(9-1)16-17-30-18-19-31(32-20-21-41-38(26-32)36-13-7-22-48-46(36)51(41)47-49-23-8-24-50-47)25-37(30)40-28-44-39(35-12-4-6-15-43(35)53-44)27-45(40)52-42-14-5-3-11-34(33)42/h1-28H/b17-16-. The molecule has 0 N–H and O–H groups in total. The largest absolute Gasteiger partial charge is 0.456 e. The highest BCUT2D eigenvalue weighted by atomic mass is 16.5. The zero-order valence-corrected chi connectivity index (χ0v) is 28.3. The third-order valence-electron chi connectivity index (χ3n) is 10.2. The van der Waals surface area contributed by atoms with Gasteiger partial charge in [-0.05, 0) is 94.0 Å². The van der Waals surface area contributed by atoms with Crippen LogP contribution in [0.25, 0.3) is 95.4 Å². The highest BCUT2D eigenvalue weighted by molar-refractivity contribution is 6.10. The van der Waals surface area contributed by atoms with Crippen molar-refractivity contribution in [3.8, 4) is 50.8 Å². The van der Waals surface area contributed by atoms with Gasteiger partial charge >= 0.3 is 0 Å². The maximum absolute atomic E-state index is 7.02. The molecule has 0 saturated heterocycles. The Labute approximate surface area is 303 Å². The lowest BCUT2D eigenvalue weighted by atomic mass is 9.92. The molecule has 1 aliphatic rings. The summed E-state index contributed by atoms with van der Waals surface area (Å²) in [6, 6.07) is 48.3. The second kappa shape index (κ2) is 11.6. The van der Waals surface area contributed by atoms with Crippen molar-refractivity contribution in [3.63, 3.8) is 0 Å². The van der Waals surface area contributed by atoms with Gasteiger partial charge in [0.15, 0.2) is 0 Å². The number of rotatable bonds is 2. The van der Waals surface area contributed by atoms with Gasteiger partial charge in [0.1, 0.15) is 28.3 Å². The smallest absolute Gasteiger partial charge is 0.235 e. The number of pyridine rings is 1. The van der Waals surface area contributed by atoms with E-state index in [1.165, 1.54) is 0 Å². The van der Waals surface area contributed by atoms with Crippen molar-refractivity contribution in [2.24, 2.45) is 0 Å². The minimum atomic E-state index is 0.589. The van der Waals surface area contributed by atoms with Crippen LogP contribution in [0, 0.1) is 0 Å². The van der Waals surface area contributed by atoms with E-state index in [4.69, 9.17) is 14.1 Å². The van der Waals surface area contributed by atoms with Gasteiger partial charge in [-0.1, -0.05) is 91.0 Å². The second-order valence-corrected chi connectivity index (χ2v) is 13.3. The van der Waals surface area contributed by atoms with Crippen molar-refractivity contribution in [2.45, 2.75) is 0 Å². The Morgan fingerprint density at radius 1 is 0.434 bits per heavy atom. The molecule has 0 aliphatic carbocycles. The van der Waals surface area contributed by atoms with E-state index in [2.05, 4.69) is 119 Å². The van der Waals surface area contributed by atoms with Crippen LogP contribution in [0.2, 0.25) is 0 Å². The Hall–Kier alpha value is -7.31. The molecule has 6 aromatic carbocycles. The third kappa shape index (κ3) is 4.70. The highest BCUT2D eigenvalue weighted by Crippen LogP contribution is 2.46. The minimum Gasteiger partial charge on any atom is -0.456 e. The summed E-state index contributed by atoms with van der Waals surface area (Å²) < 4.78 is 15.5. The number of benzene rings is 6. The Morgan fingerprint density at radius 2 is 1.17 bits per heavy atom. The van der Waals surface area contributed by atoms with Gasteiger partial charge in [0.2, 0.25) is 5.95 Å². The first-order valence-electron chi connectivity index (χ1n) is 17.6. The van der Waals surface area contributed by atoms with Gasteiger partial charge in [0.05, 0.1) is 5.52 Å². The molecule has 4 aromatic heterocycles. The highest BCUT2D eigenvalue weighted by Gasteiger charge is 2.21. The van der Waals surface area contributed by atoms with Crippen LogP contribution in [-0.4, -0.2) is 19.5 Å². The molecule has 0 radical (unpaired) electrons. The normalized spacial score (nSPS) is 12.8. The van der Waals surface area contributed by atoms with E-state index in [0.717, 1.165) is 99.9 Å².